The Bertz CT molecular complexity index is 858. The van der Waals surface area contributed by atoms with E-state index in [1.807, 2.05) is 24.3 Å². The van der Waals surface area contributed by atoms with Gasteiger partial charge in [0, 0.05) is 32.0 Å². The fourth-order valence-electron chi connectivity index (χ4n) is 3.60. The highest BCUT2D eigenvalue weighted by Gasteiger charge is 2.33. The van der Waals surface area contributed by atoms with Crippen LogP contribution in [0.3, 0.4) is 0 Å². The van der Waals surface area contributed by atoms with Gasteiger partial charge in [-0.25, -0.2) is 0 Å². The molecule has 2 fully saturated rings. The molecule has 1 aliphatic carbocycles. The standard InChI is InChI=1S/C20H24N4O3/c1-12-10-24(18-6-4-3-5-15(18)21-13(2)25)11-17(12)22-20(26)16-9-19(27-23-16)14-7-8-14/h3-6,9,12,14,17H,7-8,10-11H2,1-2H3,(H,21,25)(H,22,26)/t12-,17+/m1/s1. The van der Waals surface area contributed by atoms with Gasteiger partial charge in [0.2, 0.25) is 5.91 Å². The Morgan fingerprint density at radius 1 is 1.22 bits per heavy atom. The smallest absolute Gasteiger partial charge is 0.273 e. The summed E-state index contributed by atoms with van der Waals surface area (Å²) in [7, 11) is 0. The van der Waals surface area contributed by atoms with Gasteiger partial charge in [0.05, 0.1) is 17.4 Å². The van der Waals surface area contributed by atoms with E-state index < -0.39 is 0 Å². The van der Waals surface area contributed by atoms with Crippen LogP contribution in [0.1, 0.15) is 48.9 Å². The van der Waals surface area contributed by atoms with Crippen molar-refractivity contribution < 1.29 is 14.1 Å². The Kier molecular flexibility index (Phi) is 4.59. The van der Waals surface area contributed by atoms with Crippen LogP contribution in [0.25, 0.3) is 0 Å². The third kappa shape index (κ3) is 3.82. The normalized spacial score (nSPS) is 21.9. The van der Waals surface area contributed by atoms with Gasteiger partial charge in [-0.3, -0.25) is 9.59 Å². The van der Waals surface area contributed by atoms with Crippen LogP contribution in [0.5, 0.6) is 0 Å². The molecule has 0 radical (unpaired) electrons. The van der Waals surface area contributed by atoms with E-state index in [9.17, 15) is 9.59 Å². The maximum atomic E-state index is 12.5. The fraction of sp³-hybridized carbons (Fsp3) is 0.450. The van der Waals surface area contributed by atoms with Gasteiger partial charge in [-0.05, 0) is 30.9 Å². The molecule has 2 aliphatic rings. The van der Waals surface area contributed by atoms with Crippen LogP contribution in [0.2, 0.25) is 0 Å². The first-order valence-corrected chi connectivity index (χ1v) is 9.40. The number of anilines is 2. The predicted molar refractivity (Wildman–Crippen MR) is 102 cm³/mol. The van der Waals surface area contributed by atoms with Crippen molar-refractivity contribution in [2.45, 2.75) is 38.6 Å². The second-order valence-electron chi connectivity index (χ2n) is 7.55. The minimum Gasteiger partial charge on any atom is -0.367 e. The van der Waals surface area contributed by atoms with Gasteiger partial charge in [0.15, 0.2) is 5.69 Å². The second-order valence-corrected chi connectivity index (χ2v) is 7.55. The SMILES string of the molecule is CC(=O)Nc1ccccc1N1C[C@@H](C)[C@@H](NC(=O)c2cc(C3CC3)on2)C1. The summed E-state index contributed by atoms with van der Waals surface area (Å²) in [6, 6.07) is 9.49. The summed E-state index contributed by atoms with van der Waals surface area (Å²) in [6.45, 7) is 5.09. The Morgan fingerprint density at radius 2 is 2.00 bits per heavy atom. The third-order valence-electron chi connectivity index (χ3n) is 5.23. The van der Waals surface area contributed by atoms with Crippen LogP contribution in [-0.2, 0) is 4.79 Å². The molecular weight excluding hydrogens is 344 g/mol. The van der Waals surface area contributed by atoms with Gasteiger partial charge in [0.1, 0.15) is 5.76 Å². The minimum atomic E-state index is -0.195. The highest BCUT2D eigenvalue weighted by atomic mass is 16.5. The molecule has 4 rings (SSSR count). The molecule has 0 spiro atoms. The first kappa shape index (κ1) is 17.6. The van der Waals surface area contributed by atoms with Crippen LogP contribution < -0.4 is 15.5 Å². The first-order valence-electron chi connectivity index (χ1n) is 9.40. The summed E-state index contributed by atoms with van der Waals surface area (Å²) in [5, 5.41) is 9.88. The maximum Gasteiger partial charge on any atom is 0.273 e. The second kappa shape index (κ2) is 7.06. The zero-order chi connectivity index (χ0) is 19.0. The van der Waals surface area contributed by atoms with Crippen molar-refractivity contribution in [1.82, 2.24) is 10.5 Å². The molecule has 2 N–H and O–H groups in total. The van der Waals surface area contributed by atoms with E-state index in [2.05, 4.69) is 27.6 Å². The van der Waals surface area contributed by atoms with E-state index in [0.29, 0.717) is 18.2 Å². The van der Waals surface area contributed by atoms with Gasteiger partial charge in [-0.1, -0.05) is 24.2 Å². The summed E-state index contributed by atoms with van der Waals surface area (Å²) in [5.41, 5.74) is 2.10. The summed E-state index contributed by atoms with van der Waals surface area (Å²) in [6.07, 6.45) is 2.22. The lowest BCUT2D eigenvalue weighted by Gasteiger charge is -2.22. The number of aromatic nitrogens is 1. The van der Waals surface area contributed by atoms with E-state index in [1.54, 1.807) is 6.07 Å². The molecule has 2 atom stereocenters. The predicted octanol–water partition coefficient (Wildman–Crippen LogP) is 2.77. The van der Waals surface area contributed by atoms with Crippen LogP contribution in [0, 0.1) is 5.92 Å². The Hall–Kier alpha value is -2.83. The number of para-hydroxylation sites is 2. The van der Waals surface area contributed by atoms with Gasteiger partial charge < -0.3 is 20.1 Å². The number of carbonyl (C=O) groups is 2. The summed E-state index contributed by atoms with van der Waals surface area (Å²) < 4.78 is 5.28. The fourth-order valence-corrected chi connectivity index (χ4v) is 3.60. The van der Waals surface area contributed by atoms with Crippen molar-refractivity contribution >= 4 is 23.2 Å². The van der Waals surface area contributed by atoms with Crippen LogP contribution in [-0.4, -0.2) is 36.1 Å². The molecule has 0 unspecified atom stereocenters. The van der Waals surface area contributed by atoms with Crippen LogP contribution >= 0.6 is 0 Å². The zero-order valence-corrected chi connectivity index (χ0v) is 15.6. The van der Waals surface area contributed by atoms with Crippen molar-refractivity contribution in [2.24, 2.45) is 5.92 Å². The van der Waals surface area contributed by atoms with Gasteiger partial charge in [0.25, 0.3) is 5.91 Å². The summed E-state index contributed by atoms with van der Waals surface area (Å²) in [4.78, 5) is 26.2. The quantitative estimate of drug-likeness (QED) is 0.847. The summed E-state index contributed by atoms with van der Waals surface area (Å²) >= 11 is 0. The molecular formula is C20H24N4O3. The monoisotopic (exact) mass is 368 g/mol. The topological polar surface area (TPSA) is 87.5 Å². The van der Waals surface area contributed by atoms with Gasteiger partial charge >= 0.3 is 0 Å². The number of carbonyl (C=O) groups excluding carboxylic acids is 2. The summed E-state index contributed by atoms with van der Waals surface area (Å²) in [5.74, 6) is 1.22. The molecule has 27 heavy (non-hydrogen) atoms. The Balaban J connectivity index is 1.43. The lowest BCUT2D eigenvalue weighted by Crippen LogP contribution is -2.40. The van der Waals surface area contributed by atoms with Gasteiger partial charge in [-0.2, -0.15) is 0 Å². The molecule has 1 aliphatic heterocycles. The molecule has 1 saturated heterocycles. The van der Waals surface area contributed by atoms with Crippen molar-refractivity contribution in [3.63, 3.8) is 0 Å². The van der Waals surface area contributed by atoms with E-state index in [0.717, 1.165) is 36.5 Å². The van der Waals surface area contributed by atoms with Crippen LogP contribution in [0.15, 0.2) is 34.9 Å². The Labute approximate surface area is 158 Å². The lowest BCUT2D eigenvalue weighted by molar-refractivity contribution is -0.114. The molecule has 1 aromatic heterocycles. The molecule has 1 saturated carbocycles. The molecule has 1 aromatic carbocycles. The van der Waals surface area contributed by atoms with Gasteiger partial charge in [-0.15, -0.1) is 0 Å². The van der Waals surface area contributed by atoms with E-state index in [4.69, 9.17) is 4.52 Å². The highest BCUT2D eigenvalue weighted by Crippen LogP contribution is 2.40. The average molecular weight is 368 g/mol. The number of rotatable bonds is 5. The number of benzene rings is 1. The van der Waals surface area contributed by atoms with Crippen LogP contribution in [0.4, 0.5) is 11.4 Å². The first-order chi connectivity index (χ1) is 13.0. The number of hydrogen-bond acceptors (Lipinski definition) is 5. The lowest BCUT2D eigenvalue weighted by atomic mass is 10.1. The molecule has 7 heteroatoms. The van der Waals surface area contributed by atoms with Crippen molar-refractivity contribution in [3.05, 3.63) is 41.8 Å². The molecule has 2 amide bonds. The Morgan fingerprint density at radius 3 is 2.74 bits per heavy atom. The van der Waals surface area contributed by atoms with Crippen molar-refractivity contribution in [2.75, 3.05) is 23.3 Å². The van der Waals surface area contributed by atoms with E-state index in [1.165, 1.54) is 6.92 Å². The number of amides is 2. The molecule has 142 valence electrons. The number of nitrogens with zero attached hydrogens (tertiary/aromatic N) is 2. The largest absolute Gasteiger partial charge is 0.367 e. The molecule has 2 aromatic rings. The highest BCUT2D eigenvalue weighted by molar-refractivity contribution is 5.93. The minimum absolute atomic E-state index is 0.00367. The van der Waals surface area contributed by atoms with Crippen molar-refractivity contribution in [3.8, 4) is 0 Å². The number of hydrogen-bond donors (Lipinski definition) is 2. The maximum absolute atomic E-state index is 12.5. The average Bonchev–Trinajstić information content (AvgIpc) is 3.25. The molecule has 0 bridgehead atoms. The molecule has 7 nitrogen and oxygen atoms in total. The molecule has 2 heterocycles. The van der Waals surface area contributed by atoms with E-state index >= 15 is 0 Å². The number of nitrogens with one attached hydrogen (secondary N) is 2. The third-order valence-corrected chi connectivity index (χ3v) is 5.23. The van der Waals surface area contributed by atoms with E-state index in [-0.39, 0.29) is 23.8 Å². The van der Waals surface area contributed by atoms with Crippen molar-refractivity contribution in [1.29, 1.82) is 0 Å². The zero-order valence-electron chi connectivity index (χ0n) is 15.6.